The molecule has 0 saturated heterocycles. The van der Waals surface area contributed by atoms with Crippen LogP contribution in [0.15, 0.2) is 12.1 Å². The second kappa shape index (κ2) is 10.1. The number of carbonyl (C=O) groups excluding carboxylic acids is 2. The van der Waals surface area contributed by atoms with Crippen LogP contribution in [0.25, 0.3) is 0 Å². The molecule has 0 unspecified atom stereocenters. The third-order valence-corrected chi connectivity index (χ3v) is 11.1. The first-order valence-corrected chi connectivity index (χ1v) is 14.9. The van der Waals surface area contributed by atoms with Gasteiger partial charge in [0.1, 0.15) is 11.4 Å². The van der Waals surface area contributed by atoms with Gasteiger partial charge in [0.15, 0.2) is 8.32 Å². The maximum atomic E-state index is 13.1. The molecule has 34 heavy (non-hydrogen) atoms. The first-order chi connectivity index (χ1) is 15.0. The molecule has 1 aromatic rings. The lowest BCUT2D eigenvalue weighted by atomic mass is 9.78. The zero-order valence-electron chi connectivity index (χ0n) is 23.7. The molecule has 6 nitrogen and oxygen atoms in total. The first-order valence-electron chi connectivity index (χ1n) is 12.0. The number of benzene rings is 1. The van der Waals surface area contributed by atoms with Gasteiger partial charge in [-0.25, -0.2) is 9.59 Å². The fraction of sp³-hybridized carbons (Fsp3) is 0.704. The monoisotopic (exact) mass is 493 g/mol. The van der Waals surface area contributed by atoms with Gasteiger partial charge in [-0.2, -0.15) is 0 Å². The van der Waals surface area contributed by atoms with Gasteiger partial charge in [-0.05, 0) is 88.7 Å². The highest BCUT2D eigenvalue weighted by Crippen LogP contribution is 2.40. The molecule has 0 saturated carbocycles. The Kier molecular flexibility index (Phi) is 9.02. The molecule has 0 aromatic heterocycles. The summed E-state index contributed by atoms with van der Waals surface area (Å²) in [6.07, 6.45) is 0.750. The number of nitrogens with two attached hydrogens (primary N) is 1. The maximum absolute atomic E-state index is 13.1. The Labute approximate surface area is 208 Å². The smallest absolute Gasteiger partial charge is 0.342 e. The highest BCUT2D eigenvalue weighted by atomic mass is 28.4. The number of aryl methyl sites for hydroxylation is 2. The minimum Gasteiger partial charge on any atom is -0.458 e. The van der Waals surface area contributed by atoms with Crippen molar-refractivity contribution >= 4 is 20.3 Å². The molecule has 0 spiro atoms. The summed E-state index contributed by atoms with van der Waals surface area (Å²) in [6.45, 7) is 26.4. The van der Waals surface area contributed by atoms with Gasteiger partial charge in [-0.1, -0.05) is 40.7 Å². The Morgan fingerprint density at radius 1 is 0.912 bits per heavy atom. The molecular weight excluding hydrogens is 446 g/mol. The second-order valence-corrected chi connectivity index (χ2v) is 17.6. The summed E-state index contributed by atoms with van der Waals surface area (Å²) in [5.74, 6) is -1.25. The summed E-state index contributed by atoms with van der Waals surface area (Å²) >= 11 is 0. The summed E-state index contributed by atoms with van der Waals surface area (Å²) < 4.78 is 17.6. The minimum atomic E-state index is -1.93. The summed E-state index contributed by atoms with van der Waals surface area (Å²) in [7, 11) is -1.88. The Balaban J connectivity index is 3.23. The Hall–Kier alpha value is -1.70. The van der Waals surface area contributed by atoms with Crippen molar-refractivity contribution in [3.8, 4) is 5.75 Å². The van der Waals surface area contributed by atoms with Gasteiger partial charge in [0.25, 0.3) is 0 Å². The SMILES string of the molecule is Cc1cc(C)c(C(C)(C)CCO[Si](C)(C)C(C)(C)C)c(OC(=O)[C@](C)(N)C(=O)OC(C)(C)C)c1. The van der Waals surface area contributed by atoms with E-state index in [-0.39, 0.29) is 10.5 Å². The quantitative estimate of drug-likeness (QED) is 0.208. The molecule has 194 valence electrons. The van der Waals surface area contributed by atoms with Crippen LogP contribution in [-0.2, 0) is 24.2 Å². The second-order valence-electron chi connectivity index (χ2n) is 12.8. The van der Waals surface area contributed by atoms with E-state index in [1.54, 1.807) is 20.8 Å². The van der Waals surface area contributed by atoms with Crippen LogP contribution < -0.4 is 10.5 Å². The van der Waals surface area contributed by atoms with Crippen LogP contribution in [-0.4, -0.2) is 38.0 Å². The maximum Gasteiger partial charge on any atom is 0.342 e. The molecule has 0 amide bonds. The summed E-state index contributed by atoms with van der Waals surface area (Å²) in [4.78, 5) is 25.6. The van der Waals surface area contributed by atoms with Crippen LogP contribution in [0, 0.1) is 13.8 Å². The van der Waals surface area contributed by atoms with Gasteiger partial charge < -0.3 is 19.6 Å². The zero-order valence-corrected chi connectivity index (χ0v) is 24.7. The van der Waals surface area contributed by atoms with Crippen LogP contribution in [0.4, 0.5) is 0 Å². The van der Waals surface area contributed by atoms with E-state index in [0.29, 0.717) is 12.4 Å². The Morgan fingerprint density at radius 2 is 1.44 bits per heavy atom. The van der Waals surface area contributed by atoms with E-state index < -0.39 is 31.4 Å². The van der Waals surface area contributed by atoms with Gasteiger partial charge >= 0.3 is 11.9 Å². The lowest BCUT2D eigenvalue weighted by molar-refractivity contribution is -0.167. The van der Waals surface area contributed by atoms with E-state index in [0.717, 1.165) is 23.1 Å². The van der Waals surface area contributed by atoms with Crippen LogP contribution in [0.5, 0.6) is 5.75 Å². The highest BCUT2D eigenvalue weighted by Gasteiger charge is 2.43. The van der Waals surface area contributed by atoms with Crippen LogP contribution >= 0.6 is 0 Å². The van der Waals surface area contributed by atoms with E-state index in [1.165, 1.54) is 6.92 Å². The van der Waals surface area contributed by atoms with Crippen molar-refractivity contribution in [2.45, 2.75) is 117 Å². The van der Waals surface area contributed by atoms with E-state index in [2.05, 4.69) is 53.8 Å². The average molecular weight is 494 g/mol. The van der Waals surface area contributed by atoms with Crippen LogP contribution in [0.3, 0.4) is 0 Å². The van der Waals surface area contributed by atoms with E-state index in [1.807, 2.05) is 19.9 Å². The highest BCUT2D eigenvalue weighted by molar-refractivity contribution is 6.74. The molecule has 0 aliphatic heterocycles. The Bertz CT molecular complexity index is 905. The molecule has 0 aliphatic rings. The predicted octanol–water partition coefficient (Wildman–Crippen LogP) is 5.96. The zero-order chi connectivity index (χ0) is 26.9. The number of hydrogen-bond donors (Lipinski definition) is 1. The third kappa shape index (κ3) is 7.65. The number of esters is 2. The van der Waals surface area contributed by atoms with E-state index in [4.69, 9.17) is 19.6 Å². The Morgan fingerprint density at radius 3 is 1.91 bits per heavy atom. The van der Waals surface area contributed by atoms with Crippen LogP contribution in [0.2, 0.25) is 18.1 Å². The fourth-order valence-electron chi connectivity index (χ4n) is 3.45. The van der Waals surface area contributed by atoms with Gasteiger partial charge in [-0.3, -0.25) is 0 Å². The van der Waals surface area contributed by atoms with Gasteiger partial charge in [0.2, 0.25) is 5.54 Å². The van der Waals surface area contributed by atoms with Gasteiger partial charge in [0.05, 0.1) is 0 Å². The van der Waals surface area contributed by atoms with E-state index >= 15 is 0 Å². The molecule has 0 aliphatic carbocycles. The molecule has 0 bridgehead atoms. The standard InChI is InChI=1S/C27H47NO5Si/c1-18-16-19(2)21(26(9,10)14-15-31-34(12,13)25(6,7)8)20(17-18)32-22(29)27(11,28)23(30)33-24(3,4)5/h16-17H,14-15,28H2,1-13H3/t27-/m0/s1. The summed E-state index contributed by atoms with van der Waals surface area (Å²) in [6, 6.07) is 3.89. The molecule has 0 fully saturated rings. The minimum absolute atomic E-state index is 0.130. The number of carbonyl (C=O) groups is 2. The molecule has 1 rings (SSSR count). The van der Waals surface area contributed by atoms with Crippen molar-refractivity contribution in [1.82, 2.24) is 0 Å². The average Bonchev–Trinajstić information content (AvgIpc) is 2.57. The molecule has 2 N–H and O–H groups in total. The largest absolute Gasteiger partial charge is 0.458 e. The van der Waals surface area contributed by atoms with Gasteiger partial charge in [-0.15, -0.1) is 0 Å². The van der Waals surface area contributed by atoms with Crippen molar-refractivity contribution in [3.63, 3.8) is 0 Å². The summed E-state index contributed by atoms with van der Waals surface area (Å²) in [5.41, 5.74) is 5.93. The number of hydrogen-bond acceptors (Lipinski definition) is 6. The lowest BCUT2D eigenvalue weighted by Crippen LogP contribution is -2.56. The third-order valence-electron chi connectivity index (χ3n) is 6.57. The van der Waals surface area contributed by atoms with Crippen LogP contribution in [0.1, 0.15) is 85.4 Å². The molecule has 0 heterocycles. The summed E-state index contributed by atoms with van der Waals surface area (Å²) in [5, 5.41) is 0.130. The topological polar surface area (TPSA) is 87.9 Å². The van der Waals surface area contributed by atoms with Gasteiger partial charge in [0, 0.05) is 12.2 Å². The van der Waals surface area contributed by atoms with Crippen molar-refractivity contribution in [3.05, 3.63) is 28.8 Å². The van der Waals surface area contributed by atoms with Crippen molar-refractivity contribution in [2.24, 2.45) is 5.73 Å². The fourth-order valence-corrected chi connectivity index (χ4v) is 4.50. The molecule has 7 heteroatoms. The van der Waals surface area contributed by atoms with Crippen molar-refractivity contribution in [1.29, 1.82) is 0 Å². The predicted molar refractivity (Wildman–Crippen MR) is 141 cm³/mol. The number of ether oxygens (including phenoxy) is 2. The van der Waals surface area contributed by atoms with Crippen molar-refractivity contribution in [2.75, 3.05) is 6.61 Å². The number of rotatable bonds is 8. The molecule has 0 radical (unpaired) electrons. The normalized spacial score (nSPS) is 15.0. The lowest BCUT2D eigenvalue weighted by Gasteiger charge is -2.37. The molecule has 1 aromatic carbocycles. The molecule has 1 atom stereocenters. The first kappa shape index (κ1) is 30.3. The molecular formula is C27H47NO5Si. The van der Waals surface area contributed by atoms with Crippen molar-refractivity contribution < 1.29 is 23.5 Å². The van der Waals surface area contributed by atoms with E-state index in [9.17, 15) is 9.59 Å².